The van der Waals surface area contributed by atoms with Gasteiger partial charge in [0.25, 0.3) is 0 Å². The fraction of sp³-hybridized carbons (Fsp3) is 0.438. The molecule has 2 aromatic heterocycles. The van der Waals surface area contributed by atoms with Crippen LogP contribution < -0.4 is 19.8 Å². The number of likely N-dealkylation sites (N-methyl/N-ethyl adjacent to an activating group) is 1. The molecule has 0 atom stereocenters. The van der Waals surface area contributed by atoms with Crippen LogP contribution >= 0.6 is 15.9 Å². The molecule has 2 N–H and O–H groups in total. The number of anilines is 6. The average Bonchev–Trinajstić information content (AvgIpc) is 3.06. The molecule has 0 aliphatic carbocycles. The molecule has 6 rings (SSSR count). The predicted octanol–water partition coefficient (Wildman–Crippen LogP) is 4.84. The summed E-state index contributed by atoms with van der Waals surface area (Å²) >= 11 is 3.55. The van der Waals surface area contributed by atoms with Crippen molar-refractivity contribution in [1.82, 2.24) is 29.7 Å². The maximum atomic E-state index is 12.6. The van der Waals surface area contributed by atoms with Gasteiger partial charge in [-0.25, -0.2) is 13.4 Å². The molecule has 0 amide bonds. The molecule has 2 aliphatic heterocycles. The highest BCUT2D eigenvalue weighted by Gasteiger charge is 2.27. The van der Waals surface area contributed by atoms with E-state index in [0.717, 1.165) is 44.5 Å². The van der Waals surface area contributed by atoms with E-state index < -0.39 is 10.0 Å². The fourth-order valence-corrected chi connectivity index (χ4v) is 7.10. The number of hydrogen-bond donors (Lipinski definition) is 2. The number of hydrogen-bond acceptors (Lipinski definition) is 11. The van der Waals surface area contributed by atoms with Crippen molar-refractivity contribution in [3.8, 4) is 0 Å². The molecular weight excluding hydrogens is 668 g/mol. The van der Waals surface area contributed by atoms with Crippen LogP contribution in [0.1, 0.15) is 25.3 Å². The van der Waals surface area contributed by atoms with E-state index in [0.29, 0.717) is 44.7 Å². The Balaban J connectivity index is 1.19. The van der Waals surface area contributed by atoms with Gasteiger partial charge in [-0.05, 0) is 78.1 Å². The van der Waals surface area contributed by atoms with Crippen LogP contribution in [-0.2, 0) is 16.4 Å². The quantitative estimate of drug-likeness (QED) is 0.248. The van der Waals surface area contributed by atoms with Crippen molar-refractivity contribution in [1.29, 1.82) is 0 Å². The van der Waals surface area contributed by atoms with Gasteiger partial charge in [0.1, 0.15) is 17.0 Å². The second-order valence-electron chi connectivity index (χ2n) is 12.0. The van der Waals surface area contributed by atoms with Gasteiger partial charge in [-0.15, -0.1) is 0 Å². The van der Waals surface area contributed by atoms with Gasteiger partial charge >= 0.3 is 0 Å². The molecule has 14 heteroatoms. The molecule has 4 aromatic rings. The van der Waals surface area contributed by atoms with Crippen molar-refractivity contribution in [2.45, 2.75) is 32.2 Å². The highest BCUT2D eigenvalue weighted by atomic mass is 79.9. The lowest BCUT2D eigenvalue weighted by Crippen LogP contribution is -2.52. The summed E-state index contributed by atoms with van der Waals surface area (Å²) in [4.78, 5) is 25.6. The molecule has 2 fully saturated rings. The minimum Gasteiger partial charge on any atom is -0.371 e. The fourth-order valence-electron chi connectivity index (χ4n) is 6.29. The first-order chi connectivity index (χ1) is 22.1. The molecule has 0 unspecified atom stereocenters. The second-order valence-corrected chi connectivity index (χ2v) is 14.9. The monoisotopic (exact) mass is 708 g/mol. The molecule has 0 radical (unpaired) electrons. The standard InChI is InChI=1S/C32H41BrN10O2S/c1-5-22-20-23(6-9-28(22)43-14-10-24(11-15-43)42-18-16-40(2)17-19-42)37-32-36-21-25(33)31(39-32)38-27-8-7-26-29(35-13-12-34-26)30(27)41(3)46(4,44)45/h6-9,12-13,20-21,24H,5,10-11,14-19H2,1-4H3,(H2,36,37,38,39). The molecule has 12 nitrogen and oxygen atoms in total. The van der Waals surface area contributed by atoms with Crippen LogP contribution in [0, 0.1) is 0 Å². The van der Waals surface area contributed by atoms with Gasteiger partial charge in [0.2, 0.25) is 16.0 Å². The Morgan fingerprint density at radius 2 is 1.72 bits per heavy atom. The maximum Gasteiger partial charge on any atom is 0.232 e. The zero-order valence-corrected chi connectivity index (χ0v) is 29.1. The second kappa shape index (κ2) is 13.6. The van der Waals surface area contributed by atoms with E-state index in [1.54, 1.807) is 30.7 Å². The van der Waals surface area contributed by atoms with Crippen LogP contribution in [0.25, 0.3) is 11.0 Å². The zero-order chi connectivity index (χ0) is 32.4. The Morgan fingerprint density at radius 1 is 0.978 bits per heavy atom. The third-order valence-corrected chi connectivity index (χ3v) is 10.8. The van der Waals surface area contributed by atoms with E-state index in [1.165, 1.54) is 48.5 Å². The number of fused-ring (bicyclic) bond motifs is 1. The maximum absolute atomic E-state index is 12.6. The predicted molar refractivity (Wildman–Crippen MR) is 189 cm³/mol. The molecule has 0 bridgehead atoms. The number of rotatable bonds is 9. The Labute approximate surface area is 279 Å². The van der Waals surface area contributed by atoms with Crippen molar-refractivity contribution in [2.24, 2.45) is 0 Å². The van der Waals surface area contributed by atoms with Crippen LogP contribution in [0.15, 0.2) is 53.4 Å². The molecular formula is C32H41BrN10O2S. The third-order valence-electron chi connectivity index (χ3n) is 9.00. The summed E-state index contributed by atoms with van der Waals surface area (Å²) in [7, 11) is 0.121. The van der Waals surface area contributed by atoms with Crippen LogP contribution in [0.3, 0.4) is 0 Å². The smallest absolute Gasteiger partial charge is 0.232 e. The summed E-state index contributed by atoms with van der Waals surface area (Å²) in [6.45, 7) is 9.00. The third kappa shape index (κ3) is 7.04. The van der Waals surface area contributed by atoms with Gasteiger partial charge < -0.3 is 20.4 Å². The van der Waals surface area contributed by atoms with Crippen molar-refractivity contribution in [3.05, 3.63) is 59.0 Å². The van der Waals surface area contributed by atoms with Crippen molar-refractivity contribution < 1.29 is 8.42 Å². The minimum absolute atomic E-state index is 0.379. The lowest BCUT2D eigenvalue weighted by Gasteiger charge is -2.43. The number of piperidine rings is 1. The molecule has 2 saturated heterocycles. The summed E-state index contributed by atoms with van der Waals surface area (Å²) in [5.41, 5.74) is 5.41. The number of nitrogens with zero attached hydrogens (tertiary/aromatic N) is 8. The summed E-state index contributed by atoms with van der Waals surface area (Å²) < 4.78 is 27.0. The van der Waals surface area contributed by atoms with Gasteiger partial charge in [0.05, 0.1) is 21.9 Å². The number of nitrogens with one attached hydrogen (secondary N) is 2. The highest BCUT2D eigenvalue weighted by molar-refractivity contribution is 9.10. The summed E-state index contributed by atoms with van der Waals surface area (Å²) in [6, 6.07) is 10.7. The highest BCUT2D eigenvalue weighted by Crippen LogP contribution is 2.37. The number of aryl methyl sites for hydroxylation is 1. The van der Waals surface area contributed by atoms with Crippen LogP contribution in [0.4, 0.5) is 34.5 Å². The molecule has 2 aromatic carbocycles. The largest absolute Gasteiger partial charge is 0.371 e. The number of benzene rings is 2. The van der Waals surface area contributed by atoms with Crippen molar-refractivity contribution in [3.63, 3.8) is 0 Å². The van der Waals surface area contributed by atoms with Crippen LogP contribution in [0.5, 0.6) is 0 Å². The zero-order valence-electron chi connectivity index (χ0n) is 26.7. The number of sulfonamides is 1. The van der Waals surface area contributed by atoms with Gasteiger partial charge in [-0.1, -0.05) is 6.92 Å². The minimum atomic E-state index is -3.59. The summed E-state index contributed by atoms with van der Waals surface area (Å²) in [5.74, 6) is 0.881. The van der Waals surface area contributed by atoms with Crippen molar-refractivity contribution in [2.75, 3.05) is 79.5 Å². The van der Waals surface area contributed by atoms with Gasteiger partial charge in [-0.2, -0.15) is 4.98 Å². The van der Waals surface area contributed by atoms with E-state index >= 15 is 0 Å². The van der Waals surface area contributed by atoms with Gasteiger partial charge in [-0.3, -0.25) is 19.2 Å². The lowest BCUT2D eigenvalue weighted by atomic mass is 10.00. The Kier molecular flexibility index (Phi) is 9.59. The molecule has 4 heterocycles. The first-order valence-electron chi connectivity index (χ1n) is 15.7. The number of piperazine rings is 1. The van der Waals surface area contributed by atoms with E-state index in [1.807, 2.05) is 0 Å². The first kappa shape index (κ1) is 32.4. The average molecular weight is 710 g/mol. The van der Waals surface area contributed by atoms with Crippen LogP contribution in [0.2, 0.25) is 0 Å². The summed E-state index contributed by atoms with van der Waals surface area (Å²) in [6.07, 6.45) is 9.24. The van der Waals surface area contributed by atoms with E-state index in [4.69, 9.17) is 4.98 Å². The SMILES string of the molecule is CCc1cc(Nc2ncc(Br)c(Nc3ccc4nccnc4c3N(C)S(C)(=O)=O)n2)ccc1N1CCC(N2CCN(C)CC2)CC1. The molecule has 244 valence electrons. The van der Waals surface area contributed by atoms with E-state index in [2.05, 4.69) is 88.4 Å². The first-order valence-corrected chi connectivity index (χ1v) is 18.3. The normalized spacial score (nSPS) is 16.9. The summed E-state index contributed by atoms with van der Waals surface area (Å²) in [5, 5.41) is 6.66. The Bertz CT molecular complexity index is 1810. The topological polar surface area (TPSA) is 123 Å². The molecule has 46 heavy (non-hydrogen) atoms. The van der Waals surface area contributed by atoms with Crippen LogP contribution in [-0.4, -0.2) is 104 Å². The van der Waals surface area contributed by atoms with E-state index in [-0.39, 0.29) is 0 Å². The number of halogens is 1. The molecule has 0 spiro atoms. The Morgan fingerprint density at radius 3 is 2.43 bits per heavy atom. The van der Waals surface area contributed by atoms with Crippen molar-refractivity contribution >= 4 is 71.5 Å². The molecule has 0 saturated carbocycles. The van der Waals surface area contributed by atoms with E-state index in [9.17, 15) is 8.42 Å². The van der Waals surface area contributed by atoms with Gasteiger partial charge in [0, 0.05) is 82.3 Å². The van der Waals surface area contributed by atoms with Gasteiger partial charge in [0.15, 0.2) is 0 Å². The Hall–Kier alpha value is -3.59. The lowest BCUT2D eigenvalue weighted by molar-refractivity contribution is 0.0982. The molecule has 2 aliphatic rings. The number of aromatic nitrogens is 4.